The minimum atomic E-state index is 0.639. The van der Waals surface area contributed by atoms with E-state index in [-0.39, 0.29) is 0 Å². The van der Waals surface area contributed by atoms with Crippen LogP contribution in [0.15, 0.2) is 47.8 Å². The Labute approximate surface area is 114 Å². The molecule has 90 valence electrons. The van der Waals surface area contributed by atoms with Gasteiger partial charge in [-0.3, -0.25) is 0 Å². The minimum Gasteiger partial charge on any atom is -0.375 e. The van der Waals surface area contributed by atoms with Crippen LogP contribution in [0.3, 0.4) is 0 Å². The molecule has 3 rings (SSSR count). The largest absolute Gasteiger partial charge is 0.375 e. The van der Waals surface area contributed by atoms with Crippen molar-refractivity contribution >= 4 is 27.8 Å². The second kappa shape index (κ2) is 4.92. The van der Waals surface area contributed by atoms with Crippen molar-refractivity contribution < 1.29 is 0 Å². The number of thiazole rings is 1. The first-order valence-corrected chi connectivity index (χ1v) is 7.35. The fourth-order valence-corrected chi connectivity index (χ4v) is 3.57. The Morgan fingerprint density at radius 2 is 1.89 bits per heavy atom. The number of thiophene rings is 1. The van der Waals surface area contributed by atoms with Gasteiger partial charge in [0.05, 0.1) is 5.69 Å². The van der Waals surface area contributed by atoms with Gasteiger partial charge in [-0.2, -0.15) is 0 Å². The van der Waals surface area contributed by atoms with Crippen LogP contribution in [0.5, 0.6) is 0 Å². The monoisotopic (exact) mass is 272 g/mol. The summed E-state index contributed by atoms with van der Waals surface area (Å²) < 4.78 is 0. The fourth-order valence-electron chi connectivity index (χ4n) is 1.88. The maximum atomic E-state index is 5.86. The Balaban J connectivity index is 2.00. The van der Waals surface area contributed by atoms with E-state index < -0.39 is 0 Å². The molecule has 0 bridgehead atoms. The number of nitrogen functional groups attached to an aromatic ring is 1. The lowest BCUT2D eigenvalue weighted by Crippen LogP contribution is -1.86. The van der Waals surface area contributed by atoms with Gasteiger partial charge in [0.1, 0.15) is 0 Å². The predicted octanol–water partition coefficient (Wildman–Crippen LogP) is 4.04. The van der Waals surface area contributed by atoms with Crippen molar-refractivity contribution in [1.29, 1.82) is 0 Å². The first kappa shape index (κ1) is 11.4. The summed E-state index contributed by atoms with van der Waals surface area (Å²) >= 11 is 3.35. The van der Waals surface area contributed by atoms with Gasteiger partial charge in [0.2, 0.25) is 0 Å². The van der Waals surface area contributed by atoms with Crippen LogP contribution >= 0.6 is 22.7 Å². The third-order valence-electron chi connectivity index (χ3n) is 2.68. The summed E-state index contributed by atoms with van der Waals surface area (Å²) in [6.07, 6.45) is 0.913. The number of nitrogens with two attached hydrogens (primary N) is 1. The molecule has 2 heterocycles. The van der Waals surface area contributed by atoms with Crippen molar-refractivity contribution in [3.63, 3.8) is 0 Å². The van der Waals surface area contributed by atoms with Gasteiger partial charge in [-0.25, -0.2) is 4.98 Å². The Kier molecular flexibility index (Phi) is 3.13. The Morgan fingerprint density at radius 3 is 2.61 bits per heavy atom. The molecule has 4 heteroatoms. The molecule has 0 saturated heterocycles. The summed E-state index contributed by atoms with van der Waals surface area (Å²) in [6, 6.07) is 14.4. The van der Waals surface area contributed by atoms with Crippen molar-refractivity contribution in [3.05, 3.63) is 57.6 Å². The standard InChI is InChI=1S/C14H12N2S2/c15-14-16-13(10-5-2-1-3-6-10)12(18-14)9-11-7-4-8-17-11/h1-8H,9H2,(H2,15,16). The molecule has 0 radical (unpaired) electrons. The number of nitrogens with zero attached hydrogens (tertiary/aromatic N) is 1. The maximum Gasteiger partial charge on any atom is 0.180 e. The van der Waals surface area contributed by atoms with E-state index in [0.29, 0.717) is 5.13 Å². The highest BCUT2D eigenvalue weighted by Crippen LogP contribution is 2.32. The van der Waals surface area contributed by atoms with E-state index in [1.807, 2.05) is 18.2 Å². The van der Waals surface area contributed by atoms with E-state index in [9.17, 15) is 0 Å². The SMILES string of the molecule is Nc1nc(-c2ccccc2)c(Cc2cccs2)s1. The maximum absolute atomic E-state index is 5.86. The van der Waals surface area contributed by atoms with Crippen molar-refractivity contribution in [3.8, 4) is 11.3 Å². The van der Waals surface area contributed by atoms with Crippen LogP contribution in [-0.4, -0.2) is 4.98 Å². The van der Waals surface area contributed by atoms with Gasteiger partial charge >= 0.3 is 0 Å². The molecule has 0 saturated carbocycles. The molecule has 3 aromatic rings. The van der Waals surface area contributed by atoms with Gasteiger partial charge in [-0.05, 0) is 11.4 Å². The summed E-state index contributed by atoms with van der Waals surface area (Å²) in [5.41, 5.74) is 8.01. The molecule has 0 fully saturated rings. The van der Waals surface area contributed by atoms with E-state index in [2.05, 4.69) is 34.6 Å². The molecule has 2 aromatic heterocycles. The van der Waals surface area contributed by atoms with Crippen LogP contribution < -0.4 is 5.73 Å². The highest BCUT2D eigenvalue weighted by molar-refractivity contribution is 7.16. The first-order valence-electron chi connectivity index (χ1n) is 5.66. The van der Waals surface area contributed by atoms with Gasteiger partial charge in [-0.1, -0.05) is 36.4 Å². The van der Waals surface area contributed by atoms with Crippen LogP contribution in [0.4, 0.5) is 5.13 Å². The van der Waals surface area contributed by atoms with Crippen LogP contribution in [0.2, 0.25) is 0 Å². The second-order valence-electron chi connectivity index (χ2n) is 3.95. The van der Waals surface area contributed by atoms with Gasteiger partial charge in [0.15, 0.2) is 5.13 Å². The molecular weight excluding hydrogens is 260 g/mol. The summed E-state index contributed by atoms with van der Waals surface area (Å²) in [7, 11) is 0. The van der Waals surface area contributed by atoms with Crippen LogP contribution in [-0.2, 0) is 6.42 Å². The topological polar surface area (TPSA) is 38.9 Å². The molecular formula is C14H12N2S2. The van der Waals surface area contributed by atoms with E-state index in [0.717, 1.165) is 17.7 Å². The van der Waals surface area contributed by atoms with E-state index in [1.165, 1.54) is 9.75 Å². The lowest BCUT2D eigenvalue weighted by Gasteiger charge is -2.00. The van der Waals surface area contributed by atoms with E-state index >= 15 is 0 Å². The smallest absolute Gasteiger partial charge is 0.180 e. The van der Waals surface area contributed by atoms with E-state index in [4.69, 9.17) is 5.73 Å². The Hall–Kier alpha value is -1.65. The van der Waals surface area contributed by atoms with Crippen molar-refractivity contribution in [2.75, 3.05) is 5.73 Å². The molecule has 0 amide bonds. The highest BCUT2D eigenvalue weighted by atomic mass is 32.1. The first-order chi connectivity index (χ1) is 8.83. The molecule has 0 aliphatic rings. The third-order valence-corrected chi connectivity index (χ3v) is 4.44. The average molecular weight is 272 g/mol. The summed E-state index contributed by atoms with van der Waals surface area (Å²) in [4.78, 5) is 7.04. The number of benzene rings is 1. The van der Waals surface area contributed by atoms with Crippen molar-refractivity contribution in [2.24, 2.45) is 0 Å². The van der Waals surface area contributed by atoms with Crippen LogP contribution in [0, 0.1) is 0 Å². The van der Waals surface area contributed by atoms with Crippen LogP contribution in [0.1, 0.15) is 9.75 Å². The molecule has 0 atom stereocenters. The molecule has 1 aromatic carbocycles. The molecule has 0 aliphatic carbocycles. The van der Waals surface area contributed by atoms with Crippen LogP contribution in [0.25, 0.3) is 11.3 Å². The fraction of sp³-hybridized carbons (Fsp3) is 0.0714. The number of hydrogen-bond acceptors (Lipinski definition) is 4. The average Bonchev–Trinajstić information content (AvgIpc) is 3.01. The molecule has 18 heavy (non-hydrogen) atoms. The number of hydrogen-bond donors (Lipinski definition) is 1. The lowest BCUT2D eigenvalue weighted by atomic mass is 10.1. The number of anilines is 1. The Bertz CT molecular complexity index is 627. The predicted molar refractivity (Wildman–Crippen MR) is 79.1 cm³/mol. The molecule has 2 N–H and O–H groups in total. The molecule has 0 unspecified atom stereocenters. The van der Waals surface area contributed by atoms with Crippen molar-refractivity contribution in [2.45, 2.75) is 6.42 Å². The molecule has 2 nitrogen and oxygen atoms in total. The number of rotatable bonds is 3. The van der Waals surface area contributed by atoms with Gasteiger partial charge < -0.3 is 5.73 Å². The molecule has 0 aliphatic heterocycles. The zero-order chi connectivity index (χ0) is 12.4. The quantitative estimate of drug-likeness (QED) is 0.781. The second-order valence-corrected chi connectivity index (χ2v) is 6.09. The Morgan fingerprint density at radius 1 is 1.06 bits per heavy atom. The normalized spacial score (nSPS) is 10.7. The van der Waals surface area contributed by atoms with E-state index in [1.54, 1.807) is 22.7 Å². The summed E-state index contributed by atoms with van der Waals surface area (Å²) in [5.74, 6) is 0. The summed E-state index contributed by atoms with van der Waals surface area (Å²) in [6.45, 7) is 0. The minimum absolute atomic E-state index is 0.639. The lowest BCUT2D eigenvalue weighted by molar-refractivity contribution is 1.27. The van der Waals surface area contributed by atoms with Gasteiger partial charge in [-0.15, -0.1) is 22.7 Å². The zero-order valence-corrected chi connectivity index (χ0v) is 11.3. The highest BCUT2D eigenvalue weighted by Gasteiger charge is 2.12. The molecule has 0 spiro atoms. The third kappa shape index (κ3) is 2.30. The van der Waals surface area contributed by atoms with Gasteiger partial charge in [0, 0.05) is 21.7 Å². The number of aromatic nitrogens is 1. The van der Waals surface area contributed by atoms with Gasteiger partial charge in [0.25, 0.3) is 0 Å². The zero-order valence-electron chi connectivity index (χ0n) is 9.67. The summed E-state index contributed by atoms with van der Waals surface area (Å²) in [5, 5.41) is 2.74. The van der Waals surface area contributed by atoms with Crippen molar-refractivity contribution in [1.82, 2.24) is 4.98 Å².